The van der Waals surface area contributed by atoms with Crippen LogP contribution in [0.1, 0.15) is 23.4 Å². The van der Waals surface area contributed by atoms with Gasteiger partial charge < -0.3 is 4.74 Å². The third kappa shape index (κ3) is 3.99. The Morgan fingerprint density at radius 1 is 1.16 bits per heavy atom. The Bertz CT molecular complexity index is 528. The molecule has 0 aliphatic rings. The monoisotopic (exact) mass is 338 g/mol. The second-order valence-electron chi connectivity index (χ2n) is 4.27. The molecule has 100 valence electrons. The SMILES string of the molecule is CCOc1ccc(C(Cl)Cc2ccccc2)c(Br)c1. The van der Waals surface area contributed by atoms with E-state index in [1.165, 1.54) is 5.56 Å². The van der Waals surface area contributed by atoms with Crippen LogP contribution < -0.4 is 4.74 Å². The van der Waals surface area contributed by atoms with Crippen molar-refractivity contribution in [1.29, 1.82) is 0 Å². The van der Waals surface area contributed by atoms with Crippen LogP contribution in [0.5, 0.6) is 5.75 Å². The minimum absolute atomic E-state index is 0.0487. The summed E-state index contributed by atoms with van der Waals surface area (Å²) < 4.78 is 6.46. The number of hydrogen-bond acceptors (Lipinski definition) is 1. The molecular weight excluding hydrogens is 324 g/mol. The van der Waals surface area contributed by atoms with Crippen LogP contribution in [-0.2, 0) is 6.42 Å². The lowest BCUT2D eigenvalue weighted by atomic mass is 10.0. The molecule has 2 aromatic rings. The summed E-state index contributed by atoms with van der Waals surface area (Å²) >= 11 is 10.1. The summed E-state index contributed by atoms with van der Waals surface area (Å²) in [5.74, 6) is 0.863. The Morgan fingerprint density at radius 2 is 1.89 bits per heavy atom. The van der Waals surface area contributed by atoms with Gasteiger partial charge in [0.25, 0.3) is 0 Å². The second kappa shape index (κ2) is 6.97. The summed E-state index contributed by atoms with van der Waals surface area (Å²) in [7, 11) is 0. The molecule has 0 radical (unpaired) electrons. The predicted octanol–water partition coefficient (Wildman–Crippen LogP) is 5.37. The molecule has 0 fully saturated rings. The smallest absolute Gasteiger partial charge is 0.120 e. The summed E-state index contributed by atoms with van der Waals surface area (Å²) in [4.78, 5) is 0. The lowest BCUT2D eigenvalue weighted by Gasteiger charge is -2.13. The van der Waals surface area contributed by atoms with Crippen molar-refractivity contribution in [2.45, 2.75) is 18.7 Å². The molecule has 0 bridgehead atoms. The van der Waals surface area contributed by atoms with E-state index in [-0.39, 0.29) is 5.38 Å². The zero-order valence-corrected chi connectivity index (χ0v) is 13.1. The summed E-state index contributed by atoms with van der Waals surface area (Å²) in [6.07, 6.45) is 0.814. The highest BCUT2D eigenvalue weighted by Gasteiger charge is 2.13. The molecule has 0 amide bonds. The molecule has 1 nitrogen and oxygen atoms in total. The quantitative estimate of drug-likeness (QED) is 0.665. The Labute approximate surface area is 127 Å². The fourth-order valence-electron chi connectivity index (χ4n) is 1.95. The van der Waals surface area contributed by atoms with Gasteiger partial charge in [0.2, 0.25) is 0 Å². The fraction of sp³-hybridized carbons (Fsp3) is 0.250. The molecule has 0 aliphatic carbocycles. The van der Waals surface area contributed by atoms with E-state index < -0.39 is 0 Å². The van der Waals surface area contributed by atoms with Crippen LogP contribution in [0.2, 0.25) is 0 Å². The predicted molar refractivity (Wildman–Crippen MR) is 84.1 cm³/mol. The molecule has 1 atom stereocenters. The lowest BCUT2D eigenvalue weighted by Crippen LogP contribution is -1.98. The van der Waals surface area contributed by atoms with Gasteiger partial charge in [-0.05, 0) is 36.6 Å². The first kappa shape index (κ1) is 14.4. The van der Waals surface area contributed by atoms with Gasteiger partial charge in [0.05, 0.1) is 12.0 Å². The van der Waals surface area contributed by atoms with Gasteiger partial charge in [-0.1, -0.05) is 52.3 Å². The van der Waals surface area contributed by atoms with Gasteiger partial charge in [-0.25, -0.2) is 0 Å². The number of benzene rings is 2. The molecule has 0 aromatic heterocycles. The minimum Gasteiger partial charge on any atom is -0.494 e. The van der Waals surface area contributed by atoms with Crippen molar-refractivity contribution in [3.63, 3.8) is 0 Å². The maximum Gasteiger partial charge on any atom is 0.120 e. The molecule has 0 heterocycles. The van der Waals surface area contributed by atoms with Crippen molar-refractivity contribution in [1.82, 2.24) is 0 Å². The molecule has 0 saturated carbocycles. The van der Waals surface area contributed by atoms with Crippen LogP contribution in [0.15, 0.2) is 53.0 Å². The van der Waals surface area contributed by atoms with Gasteiger partial charge >= 0.3 is 0 Å². The van der Waals surface area contributed by atoms with Gasteiger partial charge in [0, 0.05) is 4.47 Å². The van der Waals surface area contributed by atoms with Crippen LogP contribution in [-0.4, -0.2) is 6.61 Å². The summed E-state index contributed by atoms with van der Waals surface area (Å²) in [5.41, 5.74) is 2.33. The molecule has 0 aliphatic heterocycles. The normalized spacial score (nSPS) is 12.2. The minimum atomic E-state index is -0.0487. The Balaban J connectivity index is 2.13. The highest BCUT2D eigenvalue weighted by Crippen LogP contribution is 2.33. The van der Waals surface area contributed by atoms with Crippen molar-refractivity contribution in [3.05, 3.63) is 64.1 Å². The molecular formula is C16H16BrClO. The van der Waals surface area contributed by atoms with Crippen LogP contribution in [0.25, 0.3) is 0 Å². The highest BCUT2D eigenvalue weighted by molar-refractivity contribution is 9.10. The number of alkyl halides is 1. The zero-order chi connectivity index (χ0) is 13.7. The molecule has 0 saturated heterocycles. The maximum atomic E-state index is 6.50. The van der Waals surface area contributed by atoms with E-state index in [0.29, 0.717) is 6.61 Å². The van der Waals surface area contributed by atoms with E-state index in [9.17, 15) is 0 Å². The topological polar surface area (TPSA) is 9.23 Å². The van der Waals surface area contributed by atoms with E-state index in [4.69, 9.17) is 16.3 Å². The van der Waals surface area contributed by atoms with Gasteiger partial charge in [0.1, 0.15) is 5.75 Å². The van der Waals surface area contributed by atoms with E-state index >= 15 is 0 Å². The van der Waals surface area contributed by atoms with E-state index in [1.807, 2.05) is 43.3 Å². The van der Waals surface area contributed by atoms with Crippen molar-refractivity contribution in [3.8, 4) is 5.75 Å². The summed E-state index contributed by atoms with van der Waals surface area (Å²) in [5, 5.41) is -0.0487. The largest absolute Gasteiger partial charge is 0.494 e. The van der Waals surface area contributed by atoms with Crippen LogP contribution >= 0.6 is 27.5 Å². The molecule has 2 aromatic carbocycles. The van der Waals surface area contributed by atoms with Gasteiger partial charge in [-0.3, -0.25) is 0 Å². The second-order valence-corrected chi connectivity index (χ2v) is 5.65. The molecule has 19 heavy (non-hydrogen) atoms. The Hall–Kier alpha value is -0.990. The van der Waals surface area contributed by atoms with E-state index in [0.717, 1.165) is 22.2 Å². The van der Waals surface area contributed by atoms with Crippen molar-refractivity contribution in [2.75, 3.05) is 6.61 Å². The van der Waals surface area contributed by atoms with Crippen LogP contribution in [0.4, 0.5) is 0 Å². The molecule has 2 rings (SSSR count). The maximum absolute atomic E-state index is 6.50. The van der Waals surface area contributed by atoms with E-state index in [2.05, 4.69) is 28.1 Å². The molecule has 3 heteroatoms. The van der Waals surface area contributed by atoms with E-state index in [1.54, 1.807) is 0 Å². The summed E-state index contributed by atoms with van der Waals surface area (Å²) in [6.45, 7) is 2.64. The standard InChI is InChI=1S/C16H16BrClO/c1-2-19-13-8-9-14(15(17)11-13)16(18)10-12-6-4-3-5-7-12/h3-9,11,16H,2,10H2,1H3. The van der Waals surface area contributed by atoms with Crippen molar-refractivity contribution >= 4 is 27.5 Å². The number of rotatable bonds is 5. The number of halogens is 2. The fourth-order valence-corrected chi connectivity index (χ4v) is 3.08. The lowest BCUT2D eigenvalue weighted by molar-refractivity contribution is 0.340. The Morgan fingerprint density at radius 3 is 2.53 bits per heavy atom. The van der Waals surface area contributed by atoms with Gasteiger partial charge in [-0.2, -0.15) is 0 Å². The average Bonchev–Trinajstić information content (AvgIpc) is 2.40. The highest BCUT2D eigenvalue weighted by atomic mass is 79.9. The third-order valence-electron chi connectivity index (χ3n) is 2.88. The Kier molecular flexibility index (Phi) is 5.29. The first-order valence-corrected chi connectivity index (χ1v) is 7.54. The third-order valence-corrected chi connectivity index (χ3v) is 3.95. The van der Waals surface area contributed by atoms with Crippen LogP contribution in [0, 0.1) is 0 Å². The van der Waals surface area contributed by atoms with Crippen molar-refractivity contribution in [2.24, 2.45) is 0 Å². The molecule has 0 spiro atoms. The number of ether oxygens (including phenoxy) is 1. The first-order chi connectivity index (χ1) is 9.20. The number of hydrogen-bond donors (Lipinski definition) is 0. The van der Waals surface area contributed by atoms with Crippen molar-refractivity contribution < 1.29 is 4.74 Å². The first-order valence-electron chi connectivity index (χ1n) is 6.31. The average molecular weight is 340 g/mol. The zero-order valence-electron chi connectivity index (χ0n) is 10.8. The van der Waals surface area contributed by atoms with Gasteiger partial charge in [-0.15, -0.1) is 11.6 Å². The molecule has 0 N–H and O–H groups in total. The van der Waals surface area contributed by atoms with Gasteiger partial charge in [0.15, 0.2) is 0 Å². The molecule has 1 unspecified atom stereocenters. The summed E-state index contributed by atoms with van der Waals surface area (Å²) in [6, 6.07) is 16.2. The van der Waals surface area contributed by atoms with Crippen LogP contribution in [0.3, 0.4) is 0 Å².